The Bertz CT molecular complexity index is 130. The van der Waals surface area contributed by atoms with Crippen molar-refractivity contribution in [2.75, 3.05) is 18.6 Å². The average molecular weight is 201 g/mol. The van der Waals surface area contributed by atoms with Crippen molar-refractivity contribution in [3.63, 3.8) is 0 Å². The predicted molar refractivity (Wildman–Crippen MR) is 62.4 cm³/mol. The van der Waals surface area contributed by atoms with E-state index in [9.17, 15) is 0 Å². The average Bonchev–Trinajstić information content (AvgIpc) is 2.58. The molecule has 2 heteroatoms. The molecule has 2 unspecified atom stereocenters. The summed E-state index contributed by atoms with van der Waals surface area (Å²) in [7, 11) is 2.12. The third-order valence-corrected chi connectivity index (χ3v) is 4.15. The Morgan fingerprint density at radius 1 is 1.38 bits per heavy atom. The third-order valence-electron chi connectivity index (χ3n) is 2.96. The number of hydrogen-bond acceptors (Lipinski definition) is 2. The second kappa shape index (κ2) is 5.92. The molecule has 1 heterocycles. The molecule has 1 N–H and O–H groups in total. The zero-order chi connectivity index (χ0) is 9.68. The summed E-state index contributed by atoms with van der Waals surface area (Å²) in [5, 5.41) is 3.49. The van der Waals surface area contributed by atoms with Crippen molar-refractivity contribution in [1.29, 1.82) is 0 Å². The van der Waals surface area contributed by atoms with Gasteiger partial charge in [0.1, 0.15) is 0 Å². The van der Waals surface area contributed by atoms with E-state index in [0.717, 1.165) is 17.9 Å². The first kappa shape index (κ1) is 11.4. The van der Waals surface area contributed by atoms with Crippen LogP contribution in [0.2, 0.25) is 0 Å². The number of hydrogen-bond donors (Lipinski definition) is 1. The number of nitrogens with one attached hydrogen (secondary N) is 1. The Labute approximate surface area is 87.1 Å². The standard InChI is InChI=1S/C11H23NS/c1-9(2)4-5-11(12-3)10-6-7-13-8-10/h9-12H,4-8H2,1-3H3. The lowest BCUT2D eigenvalue weighted by molar-refractivity contribution is 0.357. The van der Waals surface area contributed by atoms with Gasteiger partial charge in [0.05, 0.1) is 0 Å². The molecule has 0 aromatic heterocycles. The van der Waals surface area contributed by atoms with E-state index >= 15 is 0 Å². The van der Waals surface area contributed by atoms with E-state index in [0.29, 0.717) is 0 Å². The molecular formula is C11H23NS. The van der Waals surface area contributed by atoms with E-state index in [1.165, 1.54) is 30.8 Å². The molecule has 1 nitrogen and oxygen atoms in total. The van der Waals surface area contributed by atoms with Gasteiger partial charge < -0.3 is 5.32 Å². The van der Waals surface area contributed by atoms with Gasteiger partial charge in [0.2, 0.25) is 0 Å². The summed E-state index contributed by atoms with van der Waals surface area (Å²) in [6.07, 6.45) is 4.15. The first-order valence-corrected chi connectivity index (χ1v) is 6.64. The van der Waals surface area contributed by atoms with Gasteiger partial charge in [-0.15, -0.1) is 0 Å². The van der Waals surface area contributed by atoms with Crippen molar-refractivity contribution in [3.8, 4) is 0 Å². The minimum absolute atomic E-state index is 0.775. The summed E-state index contributed by atoms with van der Waals surface area (Å²) >= 11 is 2.12. The Hall–Kier alpha value is 0.310. The maximum Gasteiger partial charge on any atom is 0.0101 e. The summed E-state index contributed by atoms with van der Waals surface area (Å²) in [6.45, 7) is 4.63. The molecule has 2 atom stereocenters. The molecule has 1 rings (SSSR count). The van der Waals surface area contributed by atoms with Gasteiger partial charge in [0.15, 0.2) is 0 Å². The van der Waals surface area contributed by atoms with Crippen LogP contribution >= 0.6 is 11.8 Å². The van der Waals surface area contributed by atoms with Gasteiger partial charge in [0.25, 0.3) is 0 Å². The topological polar surface area (TPSA) is 12.0 Å². The highest BCUT2D eigenvalue weighted by molar-refractivity contribution is 7.99. The second-order valence-corrected chi connectivity index (χ2v) is 5.64. The number of thioether (sulfide) groups is 1. The van der Waals surface area contributed by atoms with Gasteiger partial charge in [-0.3, -0.25) is 0 Å². The third kappa shape index (κ3) is 3.90. The Morgan fingerprint density at radius 2 is 2.15 bits per heavy atom. The molecule has 1 fully saturated rings. The molecule has 0 amide bonds. The van der Waals surface area contributed by atoms with Crippen LogP contribution in [0.1, 0.15) is 33.1 Å². The largest absolute Gasteiger partial charge is 0.317 e. The zero-order valence-electron chi connectivity index (χ0n) is 9.18. The fraction of sp³-hybridized carbons (Fsp3) is 1.00. The van der Waals surface area contributed by atoms with Gasteiger partial charge in [-0.25, -0.2) is 0 Å². The predicted octanol–water partition coefficient (Wildman–Crippen LogP) is 2.76. The summed E-state index contributed by atoms with van der Waals surface area (Å²) in [5.74, 6) is 4.55. The molecule has 1 aliphatic heterocycles. The summed E-state index contributed by atoms with van der Waals surface area (Å²) in [5.41, 5.74) is 0. The summed E-state index contributed by atoms with van der Waals surface area (Å²) in [6, 6.07) is 0.775. The highest BCUT2D eigenvalue weighted by Crippen LogP contribution is 2.28. The van der Waals surface area contributed by atoms with Crippen LogP contribution in [0.3, 0.4) is 0 Å². The minimum atomic E-state index is 0.775. The van der Waals surface area contributed by atoms with Crippen molar-refractivity contribution in [2.45, 2.75) is 39.2 Å². The van der Waals surface area contributed by atoms with E-state index in [1.54, 1.807) is 0 Å². The lowest BCUT2D eigenvalue weighted by Gasteiger charge is -2.23. The van der Waals surface area contributed by atoms with E-state index in [1.807, 2.05) is 0 Å². The lowest BCUT2D eigenvalue weighted by atomic mass is 9.92. The summed E-state index contributed by atoms with van der Waals surface area (Å²) in [4.78, 5) is 0. The van der Waals surface area contributed by atoms with Crippen LogP contribution in [0.15, 0.2) is 0 Å². The van der Waals surface area contributed by atoms with E-state index in [-0.39, 0.29) is 0 Å². The van der Waals surface area contributed by atoms with Gasteiger partial charge in [0, 0.05) is 6.04 Å². The van der Waals surface area contributed by atoms with Crippen molar-refractivity contribution in [3.05, 3.63) is 0 Å². The first-order valence-electron chi connectivity index (χ1n) is 5.49. The molecule has 0 aromatic rings. The van der Waals surface area contributed by atoms with E-state index < -0.39 is 0 Å². The second-order valence-electron chi connectivity index (χ2n) is 4.49. The molecule has 0 aliphatic carbocycles. The molecule has 1 saturated heterocycles. The molecule has 0 aromatic carbocycles. The van der Waals surface area contributed by atoms with Gasteiger partial charge in [-0.1, -0.05) is 13.8 Å². The molecule has 0 saturated carbocycles. The zero-order valence-corrected chi connectivity index (χ0v) is 9.99. The Balaban J connectivity index is 2.24. The highest BCUT2D eigenvalue weighted by Gasteiger charge is 2.23. The molecule has 1 aliphatic rings. The molecule has 0 bridgehead atoms. The monoisotopic (exact) mass is 201 g/mol. The van der Waals surface area contributed by atoms with E-state index in [2.05, 4.69) is 38.0 Å². The van der Waals surface area contributed by atoms with Crippen LogP contribution in [-0.4, -0.2) is 24.6 Å². The highest BCUT2D eigenvalue weighted by atomic mass is 32.2. The Kier molecular flexibility index (Phi) is 5.18. The van der Waals surface area contributed by atoms with Crippen LogP contribution in [0.4, 0.5) is 0 Å². The molecule has 0 spiro atoms. The smallest absolute Gasteiger partial charge is 0.0101 e. The van der Waals surface area contributed by atoms with Crippen LogP contribution < -0.4 is 5.32 Å². The van der Waals surface area contributed by atoms with Gasteiger partial charge in [-0.05, 0) is 49.7 Å². The van der Waals surface area contributed by atoms with Crippen molar-refractivity contribution < 1.29 is 0 Å². The van der Waals surface area contributed by atoms with Gasteiger partial charge >= 0.3 is 0 Å². The normalized spacial score (nSPS) is 25.4. The number of rotatable bonds is 5. The molecule has 0 radical (unpaired) electrons. The fourth-order valence-electron chi connectivity index (χ4n) is 2.00. The van der Waals surface area contributed by atoms with Crippen LogP contribution in [0.25, 0.3) is 0 Å². The van der Waals surface area contributed by atoms with Crippen LogP contribution in [0, 0.1) is 11.8 Å². The maximum absolute atomic E-state index is 3.49. The van der Waals surface area contributed by atoms with Gasteiger partial charge in [-0.2, -0.15) is 11.8 Å². The summed E-state index contributed by atoms with van der Waals surface area (Å²) < 4.78 is 0. The molecular weight excluding hydrogens is 178 g/mol. The van der Waals surface area contributed by atoms with E-state index in [4.69, 9.17) is 0 Å². The Morgan fingerprint density at radius 3 is 2.62 bits per heavy atom. The SMILES string of the molecule is CNC(CCC(C)C)C1CCSC1. The van der Waals surface area contributed by atoms with Crippen LogP contribution in [-0.2, 0) is 0 Å². The fourth-order valence-corrected chi connectivity index (χ4v) is 3.34. The molecule has 78 valence electrons. The first-order chi connectivity index (χ1) is 6.24. The lowest BCUT2D eigenvalue weighted by Crippen LogP contribution is -2.33. The minimum Gasteiger partial charge on any atom is -0.317 e. The van der Waals surface area contributed by atoms with Crippen molar-refractivity contribution in [2.24, 2.45) is 11.8 Å². The quantitative estimate of drug-likeness (QED) is 0.734. The van der Waals surface area contributed by atoms with Crippen LogP contribution in [0.5, 0.6) is 0 Å². The maximum atomic E-state index is 3.49. The van der Waals surface area contributed by atoms with Crippen molar-refractivity contribution in [1.82, 2.24) is 5.32 Å². The van der Waals surface area contributed by atoms with Crippen molar-refractivity contribution >= 4 is 11.8 Å². The molecule has 13 heavy (non-hydrogen) atoms.